The fourth-order valence-electron chi connectivity index (χ4n) is 0.298. The molecule has 4 nitrogen and oxygen atoms in total. The molecule has 0 aliphatic heterocycles. The van der Waals surface area contributed by atoms with Crippen LogP contribution >= 0.6 is 0 Å². The lowest BCUT2D eigenvalue weighted by atomic mass is 10.1. The molecular formula is C9H12O4. The van der Waals surface area contributed by atoms with Crippen molar-refractivity contribution in [3.8, 4) is 0 Å². The molecule has 0 fully saturated rings. The summed E-state index contributed by atoms with van der Waals surface area (Å²) in [6, 6.07) is 0. The average molecular weight is 184 g/mol. The van der Waals surface area contributed by atoms with E-state index in [-0.39, 0.29) is 0 Å². The number of carbonyl (C=O) groups is 2. The lowest BCUT2D eigenvalue weighted by Crippen LogP contribution is -2.06. The number of carboxylic acid groups (broad SMARTS) is 2. The predicted molar refractivity (Wildman–Crippen MR) is 49.4 cm³/mol. The van der Waals surface area contributed by atoms with Crippen LogP contribution in [0.25, 0.3) is 0 Å². The molecule has 4 heteroatoms. The Labute approximate surface area is 76.5 Å². The van der Waals surface area contributed by atoms with E-state index < -0.39 is 17.9 Å². The quantitative estimate of drug-likeness (QED) is 0.510. The third-order valence-electron chi connectivity index (χ3n) is 0.968. The lowest BCUT2D eigenvalue weighted by Gasteiger charge is -1.94. The monoisotopic (exact) mass is 184 g/mol. The summed E-state index contributed by atoms with van der Waals surface area (Å²) in [5, 5.41) is 15.8. The van der Waals surface area contributed by atoms with Crippen LogP contribution in [0.15, 0.2) is 38.0 Å². The van der Waals surface area contributed by atoms with Gasteiger partial charge in [0.1, 0.15) is 0 Å². The third kappa shape index (κ3) is 10.2. The topological polar surface area (TPSA) is 74.6 Å². The fourth-order valence-corrected chi connectivity index (χ4v) is 0.298. The van der Waals surface area contributed by atoms with Gasteiger partial charge in [-0.3, -0.25) is 4.79 Å². The highest BCUT2D eigenvalue weighted by atomic mass is 16.4. The smallest absolute Gasteiger partial charge is 0.327 e. The van der Waals surface area contributed by atoms with Crippen LogP contribution in [-0.4, -0.2) is 22.2 Å². The number of rotatable bonds is 4. The third-order valence-corrected chi connectivity index (χ3v) is 0.968. The zero-order chi connectivity index (χ0) is 10.9. The van der Waals surface area contributed by atoms with Crippen molar-refractivity contribution in [3.63, 3.8) is 0 Å². The van der Waals surface area contributed by atoms with Gasteiger partial charge in [0.05, 0.1) is 5.92 Å². The first-order chi connectivity index (χ1) is 5.99. The van der Waals surface area contributed by atoms with Crippen molar-refractivity contribution < 1.29 is 19.8 Å². The van der Waals surface area contributed by atoms with Gasteiger partial charge in [-0.2, -0.15) is 0 Å². The molecule has 0 radical (unpaired) electrons. The van der Waals surface area contributed by atoms with E-state index in [1.165, 1.54) is 12.2 Å². The summed E-state index contributed by atoms with van der Waals surface area (Å²) < 4.78 is 0. The van der Waals surface area contributed by atoms with Crippen LogP contribution < -0.4 is 0 Å². The largest absolute Gasteiger partial charge is 0.481 e. The van der Waals surface area contributed by atoms with Crippen molar-refractivity contribution in [3.05, 3.63) is 38.0 Å². The van der Waals surface area contributed by atoms with Crippen molar-refractivity contribution in [2.45, 2.75) is 0 Å². The molecule has 0 heterocycles. The Morgan fingerprint density at radius 2 is 1.38 bits per heavy atom. The van der Waals surface area contributed by atoms with Gasteiger partial charge in [-0.15, -0.1) is 13.2 Å². The Kier molecular flexibility index (Phi) is 8.72. The van der Waals surface area contributed by atoms with Gasteiger partial charge in [-0.05, 0) is 0 Å². The summed E-state index contributed by atoms with van der Waals surface area (Å²) in [5.74, 6) is -2.49. The standard InChI is InChI=1S/C6H8O2.C3H4O2/c1-3-5(4-2)6(7)8;1-2-3(4)5/h3-5H,1-2H2,(H,7,8);2H,1H2,(H,4,5). The van der Waals surface area contributed by atoms with E-state index in [9.17, 15) is 9.59 Å². The van der Waals surface area contributed by atoms with Crippen LogP contribution in [0.2, 0.25) is 0 Å². The zero-order valence-corrected chi connectivity index (χ0v) is 7.14. The van der Waals surface area contributed by atoms with E-state index in [2.05, 4.69) is 19.7 Å². The first kappa shape index (κ1) is 13.7. The van der Waals surface area contributed by atoms with E-state index in [1.807, 2.05) is 0 Å². The van der Waals surface area contributed by atoms with E-state index >= 15 is 0 Å². The maximum absolute atomic E-state index is 10.0. The molecule has 0 aliphatic rings. The van der Waals surface area contributed by atoms with Crippen molar-refractivity contribution in [2.24, 2.45) is 5.92 Å². The highest BCUT2D eigenvalue weighted by molar-refractivity contribution is 5.78. The van der Waals surface area contributed by atoms with Gasteiger partial charge in [0.25, 0.3) is 0 Å². The fraction of sp³-hybridized carbons (Fsp3) is 0.111. The Hall–Kier alpha value is -1.84. The first-order valence-corrected chi connectivity index (χ1v) is 3.32. The zero-order valence-electron chi connectivity index (χ0n) is 7.14. The molecule has 72 valence electrons. The molecule has 0 unspecified atom stereocenters. The second-order valence-electron chi connectivity index (χ2n) is 1.88. The molecule has 0 rings (SSSR count). The van der Waals surface area contributed by atoms with Gasteiger partial charge in [0.15, 0.2) is 0 Å². The molecule has 0 aromatic heterocycles. The summed E-state index contributed by atoms with van der Waals surface area (Å²) >= 11 is 0. The second kappa shape index (κ2) is 8.26. The molecule has 2 N–H and O–H groups in total. The number of aliphatic carboxylic acids is 2. The van der Waals surface area contributed by atoms with Crippen molar-refractivity contribution in [1.29, 1.82) is 0 Å². The molecular weight excluding hydrogens is 172 g/mol. The average Bonchev–Trinajstić information content (AvgIpc) is 2.07. The van der Waals surface area contributed by atoms with Crippen LogP contribution in [-0.2, 0) is 9.59 Å². The number of hydrogen-bond acceptors (Lipinski definition) is 2. The number of hydrogen-bond donors (Lipinski definition) is 2. The Morgan fingerprint density at radius 1 is 1.08 bits per heavy atom. The number of carboxylic acids is 2. The maximum Gasteiger partial charge on any atom is 0.327 e. The van der Waals surface area contributed by atoms with Crippen molar-refractivity contribution in [2.75, 3.05) is 0 Å². The molecule has 0 saturated carbocycles. The molecule has 0 saturated heterocycles. The molecule has 0 aromatic carbocycles. The predicted octanol–water partition coefficient (Wildman–Crippen LogP) is 1.32. The first-order valence-electron chi connectivity index (χ1n) is 3.32. The van der Waals surface area contributed by atoms with E-state index in [1.54, 1.807) is 0 Å². The summed E-state index contributed by atoms with van der Waals surface area (Å²) in [4.78, 5) is 19.3. The van der Waals surface area contributed by atoms with Gasteiger partial charge in [-0.1, -0.05) is 18.7 Å². The summed E-state index contributed by atoms with van der Waals surface area (Å²) in [6.45, 7) is 9.56. The van der Waals surface area contributed by atoms with Crippen LogP contribution in [0.1, 0.15) is 0 Å². The lowest BCUT2D eigenvalue weighted by molar-refractivity contribution is -0.138. The minimum Gasteiger partial charge on any atom is -0.481 e. The normalized spacial score (nSPS) is 7.77. The minimum absolute atomic E-state index is 0.602. The van der Waals surface area contributed by atoms with Crippen LogP contribution in [0.3, 0.4) is 0 Å². The van der Waals surface area contributed by atoms with Crippen molar-refractivity contribution in [1.82, 2.24) is 0 Å². The molecule has 0 amide bonds. The molecule has 0 atom stereocenters. The second-order valence-corrected chi connectivity index (χ2v) is 1.88. The van der Waals surface area contributed by atoms with E-state index in [0.29, 0.717) is 0 Å². The molecule has 0 spiro atoms. The molecule has 0 bridgehead atoms. The van der Waals surface area contributed by atoms with Crippen LogP contribution in [0.5, 0.6) is 0 Å². The van der Waals surface area contributed by atoms with Crippen LogP contribution in [0, 0.1) is 5.92 Å². The molecule has 0 aromatic rings. The van der Waals surface area contributed by atoms with E-state index in [0.717, 1.165) is 6.08 Å². The highest BCUT2D eigenvalue weighted by Crippen LogP contribution is 1.96. The Bertz CT molecular complexity index is 210. The van der Waals surface area contributed by atoms with Gasteiger partial charge in [0.2, 0.25) is 0 Å². The van der Waals surface area contributed by atoms with Gasteiger partial charge >= 0.3 is 11.9 Å². The summed E-state index contributed by atoms with van der Waals surface area (Å²) in [7, 11) is 0. The maximum atomic E-state index is 10.0. The minimum atomic E-state index is -0.981. The molecule has 0 aliphatic carbocycles. The Morgan fingerprint density at radius 3 is 1.38 bits per heavy atom. The molecule has 13 heavy (non-hydrogen) atoms. The van der Waals surface area contributed by atoms with Crippen LogP contribution in [0.4, 0.5) is 0 Å². The van der Waals surface area contributed by atoms with Gasteiger partial charge in [0, 0.05) is 6.08 Å². The van der Waals surface area contributed by atoms with Gasteiger partial charge < -0.3 is 10.2 Å². The summed E-state index contributed by atoms with van der Waals surface area (Å²) in [6.07, 6.45) is 3.49. The Balaban J connectivity index is 0. The SMILES string of the molecule is C=CC(=O)O.C=CC(C=C)C(=O)O. The highest BCUT2D eigenvalue weighted by Gasteiger charge is 2.05. The summed E-state index contributed by atoms with van der Waals surface area (Å²) in [5.41, 5.74) is 0. The van der Waals surface area contributed by atoms with Crippen molar-refractivity contribution >= 4 is 11.9 Å². The van der Waals surface area contributed by atoms with E-state index in [4.69, 9.17) is 10.2 Å². The van der Waals surface area contributed by atoms with Gasteiger partial charge in [-0.25, -0.2) is 4.79 Å².